The van der Waals surface area contributed by atoms with E-state index in [0.717, 1.165) is 29.3 Å². The van der Waals surface area contributed by atoms with Crippen LogP contribution in [0.5, 0.6) is 0 Å². The fraction of sp³-hybridized carbons (Fsp3) is 0.462. The van der Waals surface area contributed by atoms with Crippen LogP contribution in [0.25, 0.3) is 0 Å². The van der Waals surface area contributed by atoms with Crippen molar-refractivity contribution in [2.75, 3.05) is 13.7 Å². The average molecular weight is 298 g/mol. The number of hydrogen-bond acceptors (Lipinski definition) is 2. The van der Waals surface area contributed by atoms with Gasteiger partial charge in [0.25, 0.3) is 0 Å². The normalized spacial score (nSPS) is 17.3. The first-order valence-electron chi connectivity index (χ1n) is 5.73. The van der Waals surface area contributed by atoms with Gasteiger partial charge in [0.05, 0.1) is 5.54 Å². The van der Waals surface area contributed by atoms with Crippen molar-refractivity contribution >= 4 is 21.8 Å². The van der Waals surface area contributed by atoms with Crippen LogP contribution < -0.4 is 5.32 Å². The van der Waals surface area contributed by atoms with E-state index in [1.807, 2.05) is 18.2 Å². The number of ether oxygens (including phenoxy) is 1. The van der Waals surface area contributed by atoms with Gasteiger partial charge in [0.1, 0.15) is 6.61 Å². The Hall–Kier alpha value is -0.870. The van der Waals surface area contributed by atoms with Gasteiger partial charge in [-0.15, -0.1) is 0 Å². The van der Waals surface area contributed by atoms with Gasteiger partial charge in [-0.2, -0.15) is 0 Å². The van der Waals surface area contributed by atoms with Gasteiger partial charge in [-0.1, -0.05) is 34.1 Å². The number of carbonyl (C=O) groups is 1. The Bertz CT molecular complexity index is 416. The van der Waals surface area contributed by atoms with E-state index in [2.05, 4.69) is 27.3 Å². The molecular formula is C13H16BrNO2. The van der Waals surface area contributed by atoms with E-state index in [0.29, 0.717) is 0 Å². The zero-order chi connectivity index (χ0) is 12.3. The van der Waals surface area contributed by atoms with Gasteiger partial charge >= 0.3 is 0 Å². The molecule has 1 N–H and O–H groups in total. The first-order chi connectivity index (χ1) is 8.18. The van der Waals surface area contributed by atoms with Crippen molar-refractivity contribution in [3.63, 3.8) is 0 Å². The summed E-state index contributed by atoms with van der Waals surface area (Å²) in [7, 11) is 1.53. The molecule has 1 aliphatic carbocycles. The molecule has 0 bridgehead atoms. The smallest absolute Gasteiger partial charge is 0.246 e. The summed E-state index contributed by atoms with van der Waals surface area (Å²) in [6, 6.07) is 8.06. The van der Waals surface area contributed by atoms with Crippen molar-refractivity contribution < 1.29 is 9.53 Å². The number of nitrogens with one attached hydrogen (secondary N) is 1. The Morgan fingerprint density at radius 1 is 1.47 bits per heavy atom. The van der Waals surface area contributed by atoms with Gasteiger partial charge in [-0.3, -0.25) is 4.79 Å². The molecule has 1 fully saturated rings. The maximum Gasteiger partial charge on any atom is 0.246 e. The van der Waals surface area contributed by atoms with Crippen LogP contribution in [-0.4, -0.2) is 19.6 Å². The predicted molar refractivity (Wildman–Crippen MR) is 69.7 cm³/mol. The first kappa shape index (κ1) is 12.6. The van der Waals surface area contributed by atoms with E-state index < -0.39 is 0 Å². The molecule has 1 saturated carbocycles. The molecule has 0 unspecified atom stereocenters. The molecule has 92 valence electrons. The van der Waals surface area contributed by atoms with Crippen LogP contribution in [0.4, 0.5) is 0 Å². The van der Waals surface area contributed by atoms with E-state index in [4.69, 9.17) is 4.74 Å². The molecule has 0 aliphatic heterocycles. The van der Waals surface area contributed by atoms with Gasteiger partial charge in [0.2, 0.25) is 5.91 Å². The van der Waals surface area contributed by atoms with Crippen LogP contribution in [-0.2, 0) is 15.1 Å². The van der Waals surface area contributed by atoms with Crippen molar-refractivity contribution in [1.82, 2.24) is 5.32 Å². The second kappa shape index (κ2) is 5.19. The number of amides is 1. The molecular weight excluding hydrogens is 282 g/mol. The molecule has 2 rings (SSSR count). The van der Waals surface area contributed by atoms with Crippen molar-refractivity contribution in [2.45, 2.75) is 24.8 Å². The first-order valence-corrected chi connectivity index (χ1v) is 6.52. The quantitative estimate of drug-likeness (QED) is 0.928. The number of benzene rings is 1. The molecule has 1 aromatic carbocycles. The maximum atomic E-state index is 11.7. The number of carbonyl (C=O) groups excluding carboxylic acids is 1. The summed E-state index contributed by atoms with van der Waals surface area (Å²) in [5.74, 6) is -0.0528. The molecule has 0 atom stereocenters. The SMILES string of the molecule is COCC(=O)NC1(c2ccccc2Br)CCC1. The van der Waals surface area contributed by atoms with E-state index in [1.54, 1.807) is 0 Å². The lowest BCUT2D eigenvalue weighted by Gasteiger charge is -2.43. The Kier molecular flexibility index (Phi) is 3.84. The Balaban J connectivity index is 2.20. The van der Waals surface area contributed by atoms with E-state index in [9.17, 15) is 4.79 Å². The van der Waals surface area contributed by atoms with Gasteiger partial charge in [-0.25, -0.2) is 0 Å². The highest BCUT2D eigenvalue weighted by Gasteiger charge is 2.40. The number of methoxy groups -OCH3 is 1. The van der Waals surface area contributed by atoms with Crippen LogP contribution in [0.1, 0.15) is 24.8 Å². The van der Waals surface area contributed by atoms with Crippen LogP contribution in [0, 0.1) is 0 Å². The Morgan fingerprint density at radius 2 is 2.18 bits per heavy atom. The topological polar surface area (TPSA) is 38.3 Å². The molecule has 4 heteroatoms. The standard InChI is InChI=1S/C13H16BrNO2/c1-17-9-12(16)15-13(7-4-8-13)10-5-2-3-6-11(10)14/h2-3,5-6H,4,7-9H2,1H3,(H,15,16). The fourth-order valence-corrected chi connectivity index (χ4v) is 2.94. The third kappa shape index (κ3) is 2.53. The molecule has 1 amide bonds. The van der Waals surface area contributed by atoms with Crippen LogP contribution in [0.2, 0.25) is 0 Å². The minimum atomic E-state index is -0.199. The lowest BCUT2D eigenvalue weighted by Crippen LogP contribution is -2.51. The summed E-state index contributed by atoms with van der Waals surface area (Å²) in [4.78, 5) is 11.7. The molecule has 17 heavy (non-hydrogen) atoms. The summed E-state index contributed by atoms with van der Waals surface area (Å²) >= 11 is 3.55. The van der Waals surface area contributed by atoms with Gasteiger partial charge in [-0.05, 0) is 30.9 Å². The predicted octanol–water partition coefficient (Wildman–Crippen LogP) is 2.59. The van der Waals surface area contributed by atoms with Crippen molar-refractivity contribution in [2.24, 2.45) is 0 Å². The number of hydrogen-bond donors (Lipinski definition) is 1. The van der Waals surface area contributed by atoms with Gasteiger partial charge in [0.15, 0.2) is 0 Å². The molecule has 1 aliphatic rings. The highest BCUT2D eigenvalue weighted by molar-refractivity contribution is 9.10. The molecule has 3 nitrogen and oxygen atoms in total. The lowest BCUT2D eigenvalue weighted by molar-refractivity contribution is -0.128. The van der Waals surface area contributed by atoms with Gasteiger partial charge in [0, 0.05) is 11.6 Å². The van der Waals surface area contributed by atoms with Crippen LogP contribution >= 0.6 is 15.9 Å². The molecule has 1 aromatic rings. The molecule has 0 heterocycles. The second-order valence-electron chi connectivity index (χ2n) is 4.40. The summed E-state index contributed by atoms with van der Waals surface area (Å²) in [5, 5.41) is 3.09. The highest BCUT2D eigenvalue weighted by atomic mass is 79.9. The highest BCUT2D eigenvalue weighted by Crippen LogP contribution is 2.43. The third-order valence-corrected chi connectivity index (χ3v) is 3.94. The Morgan fingerprint density at radius 3 is 2.71 bits per heavy atom. The van der Waals surface area contributed by atoms with E-state index in [-0.39, 0.29) is 18.1 Å². The largest absolute Gasteiger partial charge is 0.375 e. The maximum absolute atomic E-state index is 11.7. The zero-order valence-electron chi connectivity index (χ0n) is 9.83. The minimum Gasteiger partial charge on any atom is -0.375 e. The summed E-state index contributed by atoms with van der Waals surface area (Å²) in [6.07, 6.45) is 3.13. The van der Waals surface area contributed by atoms with Crippen molar-refractivity contribution in [1.29, 1.82) is 0 Å². The summed E-state index contributed by atoms with van der Waals surface area (Å²) in [6.45, 7) is 0.117. The number of halogens is 1. The molecule has 0 spiro atoms. The minimum absolute atomic E-state index is 0.0528. The van der Waals surface area contributed by atoms with Crippen molar-refractivity contribution in [3.05, 3.63) is 34.3 Å². The summed E-state index contributed by atoms with van der Waals surface area (Å²) in [5.41, 5.74) is 0.964. The fourth-order valence-electron chi connectivity index (χ4n) is 2.28. The van der Waals surface area contributed by atoms with E-state index >= 15 is 0 Å². The lowest BCUT2D eigenvalue weighted by atomic mass is 9.72. The molecule has 0 radical (unpaired) electrons. The number of rotatable bonds is 4. The third-order valence-electron chi connectivity index (χ3n) is 3.25. The molecule has 0 aromatic heterocycles. The zero-order valence-corrected chi connectivity index (χ0v) is 11.4. The van der Waals surface area contributed by atoms with Crippen LogP contribution in [0.3, 0.4) is 0 Å². The average Bonchev–Trinajstić information content (AvgIpc) is 2.25. The second-order valence-corrected chi connectivity index (χ2v) is 5.25. The van der Waals surface area contributed by atoms with E-state index in [1.165, 1.54) is 7.11 Å². The van der Waals surface area contributed by atoms with Gasteiger partial charge < -0.3 is 10.1 Å². The monoisotopic (exact) mass is 297 g/mol. The molecule has 0 saturated heterocycles. The van der Waals surface area contributed by atoms with Crippen molar-refractivity contribution in [3.8, 4) is 0 Å². The summed E-state index contributed by atoms with van der Waals surface area (Å²) < 4.78 is 5.91. The Labute approximate surface area is 110 Å². The van der Waals surface area contributed by atoms with Crippen LogP contribution in [0.15, 0.2) is 28.7 Å².